The van der Waals surface area contributed by atoms with Gasteiger partial charge in [0, 0.05) is 18.8 Å². The first-order valence-corrected chi connectivity index (χ1v) is 8.98. The molecule has 0 atom stereocenters. The second-order valence-corrected chi connectivity index (χ2v) is 7.18. The van der Waals surface area contributed by atoms with Crippen LogP contribution in [0.15, 0.2) is 48.5 Å². The lowest BCUT2D eigenvalue weighted by atomic mass is 9.89. The monoisotopic (exact) mass is 352 g/mol. The van der Waals surface area contributed by atoms with E-state index in [0.29, 0.717) is 13.1 Å². The third kappa shape index (κ3) is 4.51. The Morgan fingerprint density at radius 1 is 1.00 bits per heavy atom. The Morgan fingerprint density at radius 2 is 1.65 bits per heavy atom. The van der Waals surface area contributed by atoms with E-state index in [9.17, 15) is 9.59 Å². The average molecular weight is 352 g/mol. The molecule has 0 spiro atoms. The van der Waals surface area contributed by atoms with E-state index >= 15 is 0 Å². The Labute approximate surface area is 156 Å². The van der Waals surface area contributed by atoms with E-state index < -0.39 is 5.41 Å². The summed E-state index contributed by atoms with van der Waals surface area (Å²) >= 11 is 0. The van der Waals surface area contributed by atoms with Crippen molar-refractivity contribution in [1.29, 1.82) is 0 Å². The molecule has 0 heterocycles. The zero-order chi connectivity index (χ0) is 19.3. The molecule has 0 saturated carbocycles. The van der Waals surface area contributed by atoms with Gasteiger partial charge in [0.1, 0.15) is 5.41 Å². The number of nitrogens with one attached hydrogen (secondary N) is 1. The van der Waals surface area contributed by atoms with Crippen LogP contribution in [-0.2, 0) is 16.1 Å². The largest absolute Gasteiger partial charge is 0.351 e. The van der Waals surface area contributed by atoms with Gasteiger partial charge in [-0.1, -0.05) is 42.0 Å². The maximum Gasteiger partial charge on any atom is 0.242 e. The molecular weight excluding hydrogens is 324 g/mol. The standard InChI is InChI=1S/C22H28N2O2/c1-6-24(19-9-7-8-17(3)14-19)21(26)22(4,5)20(25)23-15-18-12-10-16(2)11-13-18/h7-14H,6,15H2,1-5H3,(H,23,25). The van der Waals surface area contributed by atoms with Gasteiger partial charge in [0.05, 0.1) is 0 Å². The van der Waals surface area contributed by atoms with Crippen LogP contribution in [0.4, 0.5) is 5.69 Å². The van der Waals surface area contributed by atoms with Gasteiger partial charge in [-0.05, 0) is 57.9 Å². The molecule has 0 aliphatic carbocycles. The highest BCUT2D eigenvalue weighted by Gasteiger charge is 2.39. The van der Waals surface area contributed by atoms with Crippen LogP contribution in [0.5, 0.6) is 0 Å². The van der Waals surface area contributed by atoms with Crippen molar-refractivity contribution in [3.63, 3.8) is 0 Å². The first-order valence-electron chi connectivity index (χ1n) is 8.98. The van der Waals surface area contributed by atoms with Crippen LogP contribution in [0.25, 0.3) is 0 Å². The molecule has 0 radical (unpaired) electrons. The molecule has 138 valence electrons. The second-order valence-electron chi connectivity index (χ2n) is 7.18. The smallest absolute Gasteiger partial charge is 0.242 e. The van der Waals surface area contributed by atoms with Crippen LogP contribution in [0, 0.1) is 19.3 Å². The SMILES string of the molecule is CCN(C(=O)C(C)(C)C(=O)NCc1ccc(C)cc1)c1cccc(C)c1. The molecule has 0 aliphatic rings. The van der Waals surface area contributed by atoms with Gasteiger partial charge in [0.2, 0.25) is 11.8 Å². The van der Waals surface area contributed by atoms with Crippen molar-refractivity contribution < 1.29 is 9.59 Å². The van der Waals surface area contributed by atoms with Gasteiger partial charge < -0.3 is 10.2 Å². The maximum absolute atomic E-state index is 13.1. The van der Waals surface area contributed by atoms with Crippen LogP contribution >= 0.6 is 0 Å². The molecule has 4 heteroatoms. The molecule has 0 unspecified atom stereocenters. The van der Waals surface area contributed by atoms with Crippen LogP contribution in [0.1, 0.15) is 37.5 Å². The summed E-state index contributed by atoms with van der Waals surface area (Å²) in [4.78, 5) is 27.4. The maximum atomic E-state index is 13.1. The Bertz CT molecular complexity index is 779. The summed E-state index contributed by atoms with van der Waals surface area (Å²) in [7, 11) is 0. The van der Waals surface area contributed by atoms with E-state index in [4.69, 9.17) is 0 Å². The summed E-state index contributed by atoms with van der Waals surface area (Å²) in [5, 5.41) is 2.89. The quantitative estimate of drug-likeness (QED) is 0.799. The van der Waals surface area contributed by atoms with Crippen molar-refractivity contribution in [3.05, 3.63) is 65.2 Å². The summed E-state index contributed by atoms with van der Waals surface area (Å²) in [6.45, 7) is 10.2. The zero-order valence-corrected chi connectivity index (χ0v) is 16.3. The van der Waals surface area contributed by atoms with Gasteiger partial charge in [-0.15, -0.1) is 0 Å². The molecule has 0 fully saturated rings. The van der Waals surface area contributed by atoms with Gasteiger partial charge in [0.25, 0.3) is 0 Å². The number of nitrogens with zero attached hydrogens (tertiary/aromatic N) is 1. The number of benzene rings is 2. The molecule has 1 N–H and O–H groups in total. The van der Waals surface area contributed by atoms with Crippen molar-refractivity contribution >= 4 is 17.5 Å². The minimum atomic E-state index is -1.15. The fourth-order valence-corrected chi connectivity index (χ4v) is 2.78. The number of carbonyl (C=O) groups excluding carboxylic acids is 2. The minimum Gasteiger partial charge on any atom is -0.351 e. The Hall–Kier alpha value is -2.62. The highest BCUT2D eigenvalue weighted by molar-refractivity contribution is 6.11. The number of hydrogen-bond acceptors (Lipinski definition) is 2. The summed E-state index contributed by atoms with van der Waals surface area (Å²) in [5.74, 6) is -0.471. The minimum absolute atomic E-state index is 0.202. The number of amides is 2. The van der Waals surface area contributed by atoms with E-state index in [-0.39, 0.29) is 11.8 Å². The number of carbonyl (C=O) groups is 2. The molecule has 2 amide bonds. The van der Waals surface area contributed by atoms with Gasteiger partial charge in [-0.25, -0.2) is 0 Å². The number of aryl methyl sites for hydroxylation is 2. The average Bonchev–Trinajstić information content (AvgIpc) is 2.61. The van der Waals surface area contributed by atoms with Crippen molar-refractivity contribution in [1.82, 2.24) is 5.32 Å². The van der Waals surface area contributed by atoms with E-state index in [1.165, 1.54) is 5.56 Å². The number of rotatable bonds is 6. The predicted octanol–water partition coefficient (Wildman–Crippen LogP) is 4.00. The van der Waals surface area contributed by atoms with Crippen LogP contribution < -0.4 is 10.2 Å². The third-order valence-electron chi connectivity index (χ3n) is 4.55. The molecule has 2 aromatic carbocycles. The van der Waals surface area contributed by atoms with Gasteiger partial charge in [-0.2, -0.15) is 0 Å². The third-order valence-corrected chi connectivity index (χ3v) is 4.55. The van der Waals surface area contributed by atoms with E-state index in [2.05, 4.69) is 5.32 Å². The number of anilines is 1. The summed E-state index contributed by atoms with van der Waals surface area (Å²) in [6, 6.07) is 15.7. The molecule has 0 bridgehead atoms. The first-order chi connectivity index (χ1) is 12.3. The zero-order valence-electron chi connectivity index (χ0n) is 16.3. The van der Waals surface area contributed by atoms with E-state index in [1.54, 1.807) is 18.7 Å². The van der Waals surface area contributed by atoms with Crippen molar-refractivity contribution in [2.75, 3.05) is 11.4 Å². The fraction of sp³-hybridized carbons (Fsp3) is 0.364. The molecule has 0 aromatic heterocycles. The lowest BCUT2D eigenvalue weighted by molar-refractivity contribution is -0.139. The normalized spacial score (nSPS) is 11.1. The summed E-state index contributed by atoms with van der Waals surface area (Å²) in [6.07, 6.45) is 0. The van der Waals surface area contributed by atoms with Gasteiger partial charge in [0.15, 0.2) is 0 Å². The Balaban J connectivity index is 2.11. The van der Waals surface area contributed by atoms with Crippen LogP contribution in [-0.4, -0.2) is 18.4 Å². The topological polar surface area (TPSA) is 49.4 Å². The molecule has 0 saturated heterocycles. The fourth-order valence-electron chi connectivity index (χ4n) is 2.78. The highest BCUT2D eigenvalue weighted by atomic mass is 16.2. The molecule has 2 rings (SSSR count). The van der Waals surface area contributed by atoms with Crippen molar-refractivity contribution in [2.45, 2.75) is 41.2 Å². The van der Waals surface area contributed by atoms with Crippen molar-refractivity contribution in [2.24, 2.45) is 5.41 Å². The number of hydrogen-bond donors (Lipinski definition) is 1. The van der Waals surface area contributed by atoms with E-state index in [1.807, 2.05) is 69.3 Å². The van der Waals surface area contributed by atoms with Gasteiger partial charge in [-0.3, -0.25) is 9.59 Å². The van der Waals surface area contributed by atoms with Crippen LogP contribution in [0.2, 0.25) is 0 Å². The Kier molecular flexibility index (Phi) is 6.19. The molecular formula is C22H28N2O2. The highest BCUT2D eigenvalue weighted by Crippen LogP contribution is 2.25. The lowest BCUT2D eigenvalue weighted by Gasteiger charge is -2.30. The molecule has 0 aliphatic heterocycles. The summed E-state index contributed by atoms with van der Waals surface area (Å²) in [5.41, 5.74) is 2.93. The van der Waals surface area contributed by atoms with Crippen molar-refractivity contribution in [3.8, 4) is 0 Å². The van der Waals surface area contributed by atoms with Crippen LogP contribution in [0.3, 0.4) is 0 Å². The van der Waals surface area contributed by atoms with E-state index in [0.717, 1.165) is 16.8 Å². The Morgan fingerprint density at radius 3 is 2.23 bits per heavy atom. The summed E-state index contributed by atoms with van der Waals surface area (Å²) < 4.78 is 0. The predicted molar refractivity (Wildman–Crippen MR) is 106 cm³/mol. The second kappa shape index (κ2) is 8.17. The molecule has 4 nitrogen and oxygen atoms in total. The lowest BCUT2D eigenvalue weighted by Crippen LogP contribution is -2.49. The molecule has 2 aromatic rings. The first kappa shape index (κ1) is 19.7. The molecule has 26 heavy (non-hydrogen) atoms. The van der Waals surface area contributed by atoms with Gasteiger partial charge >= 0.3 is 0 Å².